The molecule has 0 aliphatic carbocycles. The van der Waals surface area contributed by atoms with Crippen LogP contribution in [-0.4, -0.2) is 15.2 Å². The van der Waals surface area contributed by atoms with E-state index >= 15 is 0 Å². The van der Waals surface area contributed by atoms with Gasteiger partial charge in [-0.25, -0.2) is 0 Å². The first-order valence-corrected chi connectivity index (χ1v) is 5.53. The monoisotopic (exact) mass is 207 g/mol. The Kier molecular flexibility index (Phi) is 7.24. The summed E-state index contributed by atoms with van der Waals surface area (Å²) in [5.74, 6) is 0. The van der Waals surface area contributed by atoms with Gasteiger partial charge in [0.2, 0.25) is 0 Å². The molecule has 0 radical (unpaired) electrons. The SMILES string of the molecule is CC.CCC.Cc1cc2cn[nH]c2cn1. The van der Waals surface area contributed by atoms with Crippen molar-refractivity contribution in [3.8, 4) is 0 Å². The summed E-state index contributed by atoms with van der Waals surface area (Å²) in [5, 5.41) is 7.83. The maximum Gasteiger partial charge on any atom is 0.0833 e. The lowest BCUT2D eigenvalue weighted by molar-refractivity contribution is 1.09. The Balaban J connectivity index is 0.000000342. The largest absolute Gasteiger partial charge is 0.276 e. The van der Waals surface area contributed by atoms with Crippen molar-refractivity contribution < 1.29 is 0 Å². The van der Waals surface area contributed by atoms with Crippen molar-refractivity contribution in [3.05, 3.63) is 24.2 Å². The number of nitrogens with zero attached hydrogens (tertiary/aromatic N) is 2. The fraction of sp³-hybridized carbons (Fsp3) is 0.500. The summed E-state index contributed by atoms with van der Waals surface area (Å²) in [6.07, 6.45) is 4.84. The van der Waals surface area contributed by atoms with Crippen LogP contribution in [0.15, 0.2) is 18.5 Å². The molecule has 0 fully saturated rings. The molecule has 0 aromatic carbocycles. The van der Waals surface area contributed by atoms with Crippen molar-refractivity contribution in [2.24, 2.45) is 0 Å². The first-order chi connectivity index (χ1) is 7.27. The Labute approximate surface area is 91.9 Å². The molecule has 0 amide bonds. The van der Waals surface area contributed by atoms with Crippen LogP contribution in [0.1, 0.15) is 39.8 Å². The van der Waals surface area contributed by atoms with Crippen LogP contribution in [-0.2, 0) is 0 Å². The molecule has 2 aromatic rings. The topological polar surface area (TPSA) is 41.6 Å². The standard InChI is InChI=1S/C7H7N3.C3H8.C2H6/c1-5-2-6-3-9-10-7(6)4-8-5;1-3-2;1-2/h2-4H,1H3,(H,9,10);3H2,1-2H3;1-2H3. The van der Waals surface area contributed by atoms with Crippen LogP contribution in [0.3, 0.4) is 0 Å². The summed E-state index contributed by atoms with van der Waals surface area (Å²) in [6.45, 7) is 10.2. The van der Waals surface area contributed by atoms with Gasteiger partial charge in [0.25, 0.3) is 0 Å². The molecule has 0 saturated carbocycles. The van der Waals surface area contributed by atoms with E-state index in [2.05, 4.69) is 29.0 Å². The third kappa shape index (κ3) is 4.58. The molecule has 2 aromatic heterocycles. The molecular weight excluding hydrogens is 186 g/mol. The number of aryl methyl sites for hydroxylation is 1. The van der Waals surface area contributed by atoms with Gasteiger partial charge in [0.05, 0.1) is 17.9 Å². The quantitative estimate of drug-likeness (QED) is 0.715. The van der Waals surface area contributed by atoms with E-state index in [4.69, 9.17) is 0 Å². The minimum absolute atomic E-state index is 0.991. The van der Waals surface area contributed by atoms with Gasteiger partial charge in [-0.1, -0.05) is 34.1 Å². The molecule has 3 heteroatoms. The molecule has 0 saturated heterocycles. The van der Waals surface area contributed by atoms with Gasteiger partial charge in [0.1, 0.15) is 0 Å². The average Bonchev–Trinajstić information content (AvgIpc) is 2.69. The lowest BCUT2D eigenvalue weighted by atomic mass is 10.3. The second-order valence-electron chi connectivity index (χ2n) is 2.99. The molecule has 0 atom stereocenters. The van der Waals surface area contributed by atoms with Crippen LogP contribution in [0.2, 0.25) is 0 Å². The van der Waals surface area contributed by atoms with Gasteiger partial charge in [-0.15, -0.1) is 0 Å². The predicted molar refractivity (Wildman–Crippen MR) is 65.9 cm³/mol. The smallest absolute Gasteiger partial charge is 0.0833 e. The molecule has 1 N–H and O–H groups in total. The van der Waals surface area contributed by atoms with Gasteiger partial charge >= 0.3 is 0 Å². The van der Waals surface area contributed by atoms with Crippen molar-refractivity contribution >= 4 is 10.9 Å². The fourth-order valence-electron chi connectivity index (χ4n) is 0.953. The zero-order valence-electron chi connectivity index (χ0n) is 10.3. The van der Waals surface area contributed by atoms with Gasteiger partial charge < -0.3 is 0 Å². The summed E-state index contributed by atoms with van der Waals surface area (Å²) < 4.78 is 0. The lowest BCUT2D eigenvalue weighted by Crippen LogP contribution is -1.77. The van der Waals surface area contributed by atoms with Gasteiger partial charge in [0.15, 0.2) is 0 Å². The third-order valence-corrected chi connectivity index (χ3v) is 1.46. The lowest BCUT2D eigenvalue weighted by Gasteiger charge is -1.88. The van der Waals surface area contributed by atoms with Gasteiger partial charge in [-0.2, -0.15) is 5.10 Å². The minimum Gasteiger partial charge on any atom is -0.276 e. The molecule has 15 heavy (non-hydrogen) atoms. The Hall–Kier alpha value is -1.38. The number of hydrogen-bond acceptors (Lipinski definition) is 2. The van der Waals surface area contributed by atoms with E-state index in [0.29, 0.717) is 0 Å². The summed E-state index contributed by atoms with van der Waals surface area (Å²) in [7, 11) is 0. The normalized spacial score (nSPS) is 8.60. The molecule has 0 unspecified atom stereocenters. The van der Waals surface area contributed by atoms with E-state index in [1.807, 2.05) is 26.8 Å². The highest BCUT2D eigenvalue weighted by Gasteiger charge is 1.93. The Morgan fingerprint density at radius 2 is 1.80 bits per heavy atom. The Morgan fingerprint density at radius 1 is 1.20 bits per heavy atom. The van der Waals surface area contributed by atoms with Crippen molar-refractivity contribution in [1.29, 1.82) is 0 Å². The van der Waals surface area contributed by atoms with E-state index in [1.54, 1.807) is 12.4 Å². The van der Waals surface area contributed by atoms with Crippen molar-refractivity contribution in [1.82, 2.24) is 15.2 Å². The molecule has 0 aliphatic rings. The number of pyridine rings is 1. The third-order valence-electron chi connectivity index (χ3n) is 1.46. The zero-order chi connectivity index (χ0) is 11.7. The molecule has 2 rings (SSSR count). The van der Waals surface area contributed by atoms with E-state index in [0.717, 1.165) is 16.6 Å². The van der Waals surface area contributed by atoms with E-state index in [9.17, 15) is 0 Å². The van der Waals surface area contributed by atoms with Crippen molar-refractivity contribution in [3.63, 3.8) is 0 Å². The van der Waals surface area contributed by atoms with E-state index in [-0.39, 0.29) is 0 Å². The second kappa shape index (κ2) is 7.97. The first-order valence-electron chi connectivity index (χ1n) is 5.53. The van der Waals surface area contributed by atoms with E-state index in [1.165, 1.54) is 6.42 Å². The maximum atomic E-state index is 4.11. The molecule has 0 spiro atoms. The number of rotatable bonds is 0. The molecule has 2 heterocycles. The van der Waals surface area contributed by atoms with Crippen LogP contribution in [0.25, 0.3) is 10.9 Å². The zero-order valence-corrected chi connectivity index (χ0v) is 10.3. The summed E-state index contributed by atoms with van der Waals surface area (Å²) in [5.41, 5.74) is 2.01. The minimum atomic E-state index is 0.991. The molecule has 0 aliphatic heterocycles. The molecular formula is C12H21N3. The van der Waals surface area contributed by atoms with Crippen LogP contribution >= 0.6 is 0 Å². The first kappa shape index (κ1) is 13.6. The maximum absolute atomic E-state index is 4.11. The van der Waals surface area contributed by atoms with E-state index < -0.39 is 0 Å². The van der Waals surface area contributed by atoms with Gasteiger partial charge in [-0.05, 0) is 13.0 Å². The number of fused-ring (bicyclic) bond motifs is 1. The molecule has 84 valence electrons. The highest BCUT2D eigenvalue weighted by Crippen LogP contribution is 2.08. The number of hydrogen-bond donors (Lipinski definition) is 1. The number of H-pyrrole nitrogens is 1. The Morgan fingerprint density at radius 3 is 2.40 bits per heavy atom. The van der Waals surface area contributed by atoms with Crippen LogP contribution in [0.5, 0.6) is 0 Å². The number of nitrogens with one attached hydrogen (secondary N) is 1. The van der Waals surface area contributed by atoms with Gasteiger partial charge in [-0.3, -0.25) is 10.1 Å². The average molecular weight is 207 g/mol. The Bertz CT molecular complexity index is 366. The van der Waals surface area contributed by atoms with Crippen molar-refractivity contribution in [2.45, 2.75) is 41.0 Å². The van der Waals surface area contributed by atoms with Crippen LogP contribution in [0, 0.1) is 6.92 Å². The highest BCUT2D eigenvalue weighted by molar-refractivity contribution is 5.76. The predicted octanol–water partition coefficient (Wildman–Crippen LogP) is 3.71. The summed E-state index contributed by atoms with van der Waals surface area (Å²) >= 11 is 0. The van der Waals surface area contributed by atoms with Crippen LogP contribution < -0.4 is 0 Å². The summed E-state index contributed by atoms with van der Waals surface area (Å²) in [4.78, 5) is 4.11. The van der Waals surface area contributed by atoms with Crippen molar-refractivity contribution in [2.75, 3.05) is 0 Å². The molecule has 3 nitrogen and oxygen atoms in total. The van der Waals surface area contributed by atoms with Gasteiger partial charge in [0, 0.05) is 11.1 Å². The van der Waals surface area contributed by atoms with Crippen LogP contribution in [0.4, 0.5) is 0 Å². The number of aromatic amines is 1. The molecule has 0 bridgehead atoms. The number of aromatic nitrogens is 3. The highest BCUT2D eigenvalue weighted by atomic mass is 15.1. The fourth-order valence-corrected chi connectivity index (χ4v) is 0.953. The second-order valence-corrected chi connectivity index (χ2v) is 2.99. The summed E-state index contributed by atoms with van der Waals surface area (Å²) in [6, 6.07) is 2.00.